The highest BCUT2D eigenvalue weighted by Gasteiger charge is 2.21. The predicted octanol–water partition coefficient (Wildman–Crippen LogP) is 2.24. The lowest BCUT2D eigenvalue weighted by molar-refractivity contribution is 0.0697. The first-order chi connectivity index (χ1) is 10.1. The molecule has 2 heterocycles. The molecule has 1 aliphatic rings. The largest absolute Gasteiger partial charge is 0.478 e. The van der Waals surface area contributed by atoms with Gasteiger partial charge in [0.1, 0.15) is 0 Å². The lowest BCUT2D eigenvalue weighted by Gasteiger charge is -2.19. The van der Waals surface area contributed by atoms with Crippen molar-refractivity contribution in [2.45, 2.75) is 26.3 Å². The van der Waals surface area contributed by atoms with Crippen molar-refractivity contribution < 1.29 is 9.90 Å². The first-order valence-electron chi connectivity index (χ1n) is 7.21. The number of carboxylic acid groups (broad SMARTS) is 1. The number of fused-ring (bicyclic) bond motifs is 1. The van der Waals surface area contributed by atoms with Gasteiger partial charge in [-0.15, -0.1) is 0 Å². The highest BCUT2D eigenvalue weighted by molar-refractivity contribution is 5.88. The van der Waals surface area contributed by atoms with Gasteiger partial charge in [0.15, 0.2) is 0 Å². The Balaban J connectivity index is 1.84. The Bertz CT molecular complexity index is 691. The summed E-state index contributed by atoms with van der Waals surface area (Å²) in [5.74, 6) is -0.865. The molecule has 1 aromatic heterocycles. The summed E-state index contributed by atoms with van der Waals surface area (Å²) in [4.78, 5) is 13.3. The van der Waals surface area contributed by atoms with Crippen molar-refractivity contribution in [3.05, 3.63) is 46.8 Å². The highest BCUT2D eigenvalue weighted by atomic mass is 16.4. The number of aromatic nitrogens is 2. The molecule has 0 bridgehead atoms. The minimum absolute atomic E-state index is 0.365. The second kappa shape index (κ2) is 5.24. The van der Waals surface area contributed by atoms with Gasteiger partial charge in [-0.2, -0.15) is 5.10 Å². The lowest BCUT2D eigenvalue weighted by atomic mass is 10.1. The van der Waals surface area contributed by atoms with Crippen LogP contribution in [0.2, 0.25) is 0 Å². The van der Waals surface area contributed by atoms with Gasteiger partial charge in [-0.3, -0.25) is 4.68 Å². The lowest BCUT2D eigenvalue weighted by Crippen LogP contribution is -2.21. The van der Waals surface area contributed by atoms with Crippen LogP contribution < -0.4 is 4.90 Å². The van der Waals surface area contributed by atoms with Crippen molar-refractivity contribution in [3.63, 3.8) is 0 Å². The number of rotatable bonds is 4. The van der Waals surface area contributed by atoms with Crippen molar-refractivity contribution in [2.24, 2.45) is 7.05 Å². The molecule has 0 aliphatic carbocycles. The van der Waals surface area contributed by atoms with E-state index >= 15 is 0 Å². The molecule has 0 unspecified atom stereocenters. The number of hydrogen-bond donors (Lipinski definition) is 1. The summed E-state index contributed by atoms with van der Waals surface area (Å²) in [6.07, 6.45) is 1.83. The number of benzene rings is 1. The minimum atomic E-state index is -0.865. The van der Waals surface area contributed by atoms with Crippen LogP contribution in [-0.4, -0.2) is 27.4 Å². The number of aromatic carboxylic acids is 1. The first kappa shape index (κ1) is 13.7. The summed E-state index contributed by atoms with van der Waals surface area (Å²) >= 11 is 0. The number of anilines is 1. The zero-order valence-electron chi connectivity index (χ0n) is 12.3. The Hall–Kier alpha value is -2.30. The van der Waals surface area contributed by atoms with Crippen LogP contribution in [-0.2, 0) is 26.4 Å². The Kier molecular flexibility index (Phi) is 3.41. The molecule has 5 heteroatoms. The van der Waals surface area contributed by atoms with E-state index < -0.39 is 5.97 Å². The molecule has 1 N–H and O–H groups in total. The minimum Gasteiger partial charge on any atom is -0.478 e. The van der Waals surface area contributed by atoms with Crippen LogP contribution in [0, 0.1) is 0 Å². The van der Waals surface area contributed by atoms with E-state index in [1.807, 2.05) is 17.8 Å². The van der Waals surface area contributed by atoms with Crippen LogP contribution in [0.5, 0.6) is 0 Å². The molecule has 0 atom stereocenters. The van der Waals surface area contributed by atoms with E-state index in [1.165, 1.54) is 5.69 Å². The average Bonchev–Trinajstić information content (AvgIpc) is 3.03. The molecule has 3 rings (SSSR count). The monoisotopic (exact) mass is 285 g/mol. The molecule has 0 spiro atoms. The molecular weight excluding hydrogens is 266 g/mol. The maximum absolute atomic E-state index is 11.0. The van der Waals surface area contributed by atoms with Gasteiger partial charge in [-0.05, 0) is 42.7 Å². The van der Waals surface area contributed by atoms with Gasteiger partial charge >= 0.3 is 5.97 Å². The van der Waals surface area contributed by atoms with Crippen LogP contribution >= 0.6 is 0 Å². The fourth-order valence-corrected chi connectivity index (χ4v) is 2.86. The second-order valence-electron chi connectivity index (χ2n) is 5.42. The predicted molar refractivity (Wildman–Crippen MR) is 80.7 cm³/mol. The highest BCUT2D eigenvalue weighted by Crippen LogP contribution is 2.30. The van der Waals surface area contributed by atoms with E-state index in [-0.39, 0.29) is 0 Å². The molecule has 1 aliphatic heterocycles. The summed E-state index contributed by atoms with van der Waals surface area (Å²) in [7, 11) is 1.97. The topological polar surface area (TPSA) is 58.4 Å². The summed E-state index contributed by atoms with van der Waals surface area (Å²) in [6, 6.07) is 7.53. The number of carbonyl (C=O) groups is 1. The van der Waals surface area contributed by atoms with Crippen molar-refractivity contribution in [2.75, 3.05) is 11.4 Å². The van der Waals surface area contributed by atoms with E-state index in [0.29, 0.717) is 5.56 Å². The fraction of sp³-hybridized carbons (Fsp3) is 0.375. The zero-order chi connectivity index (χ0) is 15.0. The van der Waals surface area contributed by atoms with Crippen LogP contribution in [0.1, 0.15) is 34.2 Å². The van der Waals surface area contributed by atoms with Crippen molar-refractivity contribution in [3.8, 4) is 0 Å². The van der Waals surface area contributed by atoms with Gasteiger partial charge in [0, 0.05) is 19.3 Å². The van der Waals surface area contributed by atoms with Gasteiger partial charge in [0.05, 0.1) is 23.5 Å². The number of aryl methyl sites for hydroxylation is 2. The van der Waals surface area contributed by atoms with Crippen molar-refractivity contribution in [1.82, 2.24) is 9.78 Å². The van der Waals surface area contributed by atoms with Gasteiger partial charge in [0.25, 0.3) is 0 Å². The third-order valence-electron chi connectivity index (χ3n) is 4.06. The Morgan fingerprint density at radius 3 is 2.86 bits per heavy atom. The number of nitrogens with zero attached hydrogens (tertiary/aromatic N) is 3. The average molecular weight is 285 g/mol. The Morgan fingerprint density at radius 2 is 2.19 bits per heavy atom. The van der Waals surface area contributed by atoms with E-state index in [9.17, 15) is 4.79 Å². The van der Waals surface area contributed by atoms with Crippen molar-refractivity contribution >= 4 is 11.7 Å². The fourth-order valence-electron chi connectivity index (χ4n) is 2.86. The quantitative estimate of drug-likeness (QED) is 0.936. The summed E-state index contributed by atoms with van der Waals surface area (Å²) in [5.41, 5.74) is 4.91. The molecule has 110 valence electrons. The maximum Gasteiger partial charge on any atom is 0.335 e. The molecule has 0 saturated carbocycles. The van der Waals surface area contributed by atoms with Crippen LogP contribution in [0.25, 0.3) is 0 Å². The first-order valence-corrected chi connectivity index (χ1v) is 7.21. The van der Waals surface area contributed by atoms with E-state index in [1.54, 1.807) is 12.1 Å². The smallest absolute Gasteiger partial charge is 0.335 e. The number of hydrogen-bond acceptors (Lipinski definition) is 3. The van der Waals surface area contributed by atoms with E-state index in [2.05, 4.69) is 23.0 Å². The molecule has 1 aromatic carbocycles. The van der Waals surface area contributed by atoms with Crippen LogP contribution in [0.15, 0.2) is 24.3 Å². The van der Waals surface area contributed by atoms with Crippen LogP contribution in [0.4, 0.5) is 5.69 Å². The van der Waals surface area contributed by atoms with Gasteiger partial charge in [-0.1, -0.05) is 6.92 Å². The van der Waals surface area contributed by atoms with E-state index in [4.69, 9.17) is 5.11 Å². The third kappa shape index (κ3) is 2.51. The SMILES string of the molecule is CCc1cc(CN2CCc3cc(C(=O)O)ccc32)n(C)n1. The van der Waals surface area contributed by atoms with Gasteiger partial charge in [-0.25, -0.2) is 4.79 Å². The molecule has 5 nitrogen and oxygen atoms in total. The summed E-state index contributed by atoms with van der Waals surface area (Å²) in [5, 5.41) is 13.5. The zero-order valence-corrected chi connectivity index (χ0v) is 12.3. The standard InChI is InChI=1S/C16H19N3O2/c1-3-13-9-14(18(2)17-13)10-19-7-6-11-8-12(16(20)21)4-5-15(11)19/h4-5,8-9H,3,6-7,10H2,1-2H3,(H,20,21). The summed E-state index contributed by atoms with van der Waals surface area (Å²) < 4.78 is 1.93. The normalized spacial score (nSPS) is 13.5. The molecule has 0 fully saturated rings. The van der Waals surface area contributed by atoms with Crippen LogP contribution in [0.3, 0.4) is 0 Å². The molecule has 2 aromatic rings. The van der Waals surface area contributed by atoms with Gasteiger partial charge < -0.3 is 10.0 Å². The molecule has 0 saturated heterocycles. The maximum atomic E-state index is 11.0. The second-order valence-corrected chi connectivity index (χ2v) is 5.42. The Labute approximate surface area is 123 Å². The Morgan fingerprint density at radius 1 is 1.38 bits per heavy atom. The number of carboxylic acids is 1. The molecule has 0 amide bonds. The molecular formula is C16H19N3O2. The summed E-state index contributed by atoms with van der Waals surface area (Å²) in [6.45, 7) is 3.83. The van der Waals surface area contributed by atoms with E-state index in [0.717, 1.165) is 42.9 Å². The molecule has 21 heavy (non-hydrogen) atoms. The van der Waals surface area contributed by atoms with Crippen molar-refractivity contribution in [1.29, 1.82) is 0 Å². The molecule has 0 radical (unpaired) electrons. The van der Waals surface area contributed by atoms with Gasteiger partial charge in [0.2, 0.25) is 0 Å². The third-order valence-corrected chi connectivity index (χ3v) is 4.06.